The number of hydrogen-bond acceptors (Lipinski definition) is 5. The summed E-state index contributed by atoms with van der Waals surface area (Å²) >= 11 is 0. The Balaban J connectivity index is 1.84. The first-order valence-electron chi connectivity index (χ1n) is 10.6. The number of aliphatic carboxylic acids is 1. The van der Waals surface area contributed by atoms with Crippen molar-refractivity contribution < 1.29 is 29.0 Å². The summed E-state index contributed by atoms with van der Waals surface area (Å²) in [5.74, 6) is 0.123. The van der Waals surface area contributed by atoms with E-state index in [4.69, 9.17) is 14.6 Å². The van der Waals surface area contributed by atoms with Crippen LogP contribution in [0.5, 0.6) is 5.75 Å². The minimum Gasteiger partial charge on any atom is -0.482 e. The van der Waals surface area contributed by atoms with Crippen molar-refractivity contribution in [3.63, 3.8) is 0 Å². The average molecular weight is 424 g/mol. The molecule has 1 N–H and O–H groups in total. The smallest absolute Gasteiger partial charge is 0.341 e. The van der Waals surface area contributed by atoms with Crippen molar-refractivity contribution in [3.05, 3.63) is 52.5 Å². The van der Waals surface area contributed by atoms with Crippen LogP contribution in [0.4, 0.5) is 0 Å². The van der Waals surface area contributed by atoms with Crippen molar-refractivity contribution in [2.75, 3.05) is 6.61 Å². The number of carboxylic acid groups (broad SMARTS) is 1. The Hall–Kier alpha value is -2.89. The molecular formula is C25H28O6. The van der Waals surface area contributed by atoms with Crippen molar-refractivity contribution in [2.24, 2.45) is 10.8 Å². The highest BCUT2D eigenvalue weighted by Crippen LogP contribution is 2.53. The number of carbonyl (C=O) groups is 3. The van der Waals surface area contributed by atoms with Crippen LogP contribution < -0.4 is 4.74 Å². The molecule has 0 spiro atoms. The van der Waals surface area contributed by atoms with Crippen LogP contribution in [0, 0.1) is 10.8 Å². The van der Waals surface area contributed by atoms with Crippen LogP contribution in [-0.2, 0) is 19.1 Å². The predicted molar refractivity (Wildman–Crippen MR) is 113 cm³/mol. The molecule has 6 nitrogen and oxygen atoms in total. The van der Waals surface area contributed by atoms with Crippen LogP contribution in [0.2, 0.25) is 0 Å². The van der Waals surface area contributed by atoms with Gasteiger partial charge in [-0.05, 0) is 28.5 Å². The first-order valence-corrected chi connectivity index (χ1v) is 10.6. The summed E-state index contributed by atoms with van der Waals surface area (Å²) in [6.45, 7) is 7.74. The van der Waals surface area contributed by atoms with Crippen molar-refractivity contribution in [3.8, 4) is 5.75 Å². The topological polar surface area (TPSA) is 89.9 Å². The normalized spacial score (nSPS) is 22.6. The number of Topliss-reactive ketones (excluding diaryl/α,β-unsaturated/α-hetero) is 2. The van der Waals surface area contributed by atoms with E-state index in [0.29, 0.717) is 54.1 Å². The molecule has 0 radical (unpaired) electrons. The van der Waals surface area contributed by atoms with E-state index < -0.39 is 18.5 Å². The Kier molecular flexibility index (Phi) is 5.07. The first-order chi connectivity index (χ1) is 14.5. The highest BCUT2D eigenvalue weighted by atomic mass is 16.5. The zero-order valence-electron chi connectivity index (χ0n) is 18.4. The molecule has 0 fully saturated rings. The van der Waals surface area contributed by atoms with Gasteiger partial charge in [0.25, 0.3) is 0 Å². The summed E-state index contributed by atoms with van der Waals surface area (Å²) in [7, 11) is 0. The summed E-state index contributed by atoms with van der Waals surface area (Å²) in [6.07, 6.45) is 2.04. The van der Waals surface area contributed by atoms with E-state index in [9.17, 15) is 14.4 Å². The number of rotatable bonds is 4. The van der Waals surface area contributed by atoms with Gasteiger partial charge in [0.1, 0.15) is 17.3 Å². The number of carbonyl (C=O) groups excluding carboxylic acids is 2. The molecule has 4 rings (SSSR count). The highest BCUT2D eigenvalue weighted by molar-refractivity contribution is 6.06. The summed E-state index contributed by atoms with van der Waals surface area (Å²) in [4.78, 5) is 37.4. The lowest BCUT2D eigenvalue weighted by Gasteiger charge is -2.42. The monoisotopic (exact) mass is 424 g/mol. The van der Waals surface area contributed by atoms with Crippen LogP contribution >= 0.6 is 0 Å². The molecule has 2 aliphatic carbocycles. The van der Waals surface area contributed by atoms with Gasteiger partial charge in [0.15, 0.2) is 18.2 Å². The van der Waals surface area contributed by atoms with E-state index in [-0.39, 0.29) is 22.4 Å². The molecule has 0 saturated heterocycles. The van der Waals surface area contributed by atoms with Gasteiger partial charge in [-0.15, -0.1) is 0 Å². The lowest BCUT2D eigenvalue weighted by molar-refractivity contribution is -0.139. The first kappa shape index (κ1) is 21.3. The summed E-state index contributed by atoms with van der Waals surface area (Å²) < 4.78 is 11.6. The zero-order chi connectivity index (χ0) is 22.6. The SMILES string of the molecule is CC1(C)CC(=O)C2=C(C1)OC1=C(C(=O)CC(C)(C)C1)C2c1cccc(OCC(=O)O)c1. The van der Waals surface area contributed by atoms with Gasteiger partial charge in [-0.25, -0.2) is 4.79 Å². The molecule has 0 bridgehead atoms. The molecule has 3 aliphatic rings. The van der Waals surface area contributed by atoms with Gasteiger partial charge in [0.2, 0.25) is 0 Å². The lowest BCUT2D eigenvalue weighted by Crippen LogP contribution is -2.37. The van der Waals surface area contributed by atoms with Gasteiger partial charge < -0.3 is 14.6 Å². The maximum absolute atomic E-state index is 13.3. The molecule has 1 aliphatic heterocycles. The minimum absolute atomic E-state index is 0.00251. The molecule has 6 heteroatoms. The van der Waals surface area contributed by atoms with Crippen LogP contribution in [0.25, 0.3) is 0 Å². The molecule has 0 atom stereocenters. The largest absolute Gasteiger partial charge is 0.482 e. The van der Waals surface area contributed by atoms with Crippen molar-refractivity contribution in [1.29, 1.82) is 0 Å². The summed E-state index contributed by atoms with van der Waals surface area (Å²) in [6, 6.07) is 7.03. The number of ketones is 2. The van der Waals surface area contributed by atoms with Crippen LogP contribution in [0.3, 0.4) is 0 Å². The van der Waals surface area contributed by atoms with Gasteiger partial charge in [-0.3, -0.25) is 9.59 Å². The minimum atomic E-state index is -1.07. The molecule has 1 aromatic carbocycles. The van der Waals surface area contributed by atoms with E-state index in [0.717, 1.165) is 5.56 Å². The molecule has 164 valence electrons. The molecule has 1 aromatic rings. The maximum atomic E-state index is 13.3. The Labute approximate surface area is 181 Å². The molecular weight excluding hydrogens is 396 g/mol. The van der Waals surface area contributed by atoms with E-state index in [1.165, 1.54) is 0 Å². The fraction of sp³-hybridized carbons (Fsp3) is 0.480. The third kappa shape index (κ3) is 4.16. The summed E-state index contributed by atoms with van der Waals surface area (Å²) in [5, 5.41) is 8.92. The zero-order valence-corrected chi connectivity index (χ0v) is 18.4. The third-order valence-corrected chi connectivity index (χ3v) is 6.14. The van der Waals surface area contributed by atoms with Gasteiger partial charge in [0.05, 0.1) is 0 Å². The molecule has 31 heavy (non-hydrogen) atoms. The van der Waals surface area contributed by atoms with Crippen LogP contribution in [-0.4, -0.2) is 29.2 Å². The molecule has 0 aromatic heterocycles. The molecule has 1 heterocycles. The second-order valence-corrected chi connectivity index (χ2v) is 10.3. The van der Waals surface area contributed by atoms with Crippen LogP contribution in [0.15, 0.2) is 46.9 Å². The third-order valence-electron chi connectivity index (χ3n) is 6.14. The second-order valence-electron chi connectivity index (χ2n) is 10.3. The van der Waals surface area contributed by atoms with E-state index in [1.807, 2.05) is 33.8 Å². The number of ether oxygens (including phenoxy) is 2. The Bertz CT molecular complexity index is 988. The van der Waals surface area contributed by atoms with Crippen molar-refractivity contribution in [2.45, 2.75) is 59.3 Å². The van der Waals surface area contributed by atoms with Gasteiger partial charge in [-0.1, -0.05) is 39.8 Å². The molecule has 0 unspecified atom stereocenters. The molecule has 0 saturated carbocycles. The quantitative estimate of drug-likeness (QED) is 0.763. The summed E-state index contributed by atoms with van der Waals surface area (Å²) in [5.41, 5.74) is 1.44. The number of allylic oxidation sites excluding steroid dienone is 4. The number of carboxylic acids is 1. The van der Waals surface area contributed by atoms with E-state index in [2.05, 4.69) is 0 Å². The Morgan fingerprint density at radius 3 is 2.06 bits per heavy atom. The number of hydrogen-bond donors (Lipinski definition) is 1. The Morgan fingerprint density at radius 1 is 1.00 bits per heavy atom. The average Bonchev–Trinajstić information content (AvgIpc) is 2.63. The number of benzene rings is 1. The van der Waals surface area contributed by atoms with Gasteiger partial charge in [-0.2, -0.15) is 0 Å². The molecule has 0 amide bonds. The van der Waals surface area contributed by atoms with E-state index in [1.54, 1.807) is 18.2 Å². The van der Waals surface area contributed by atoms with Crippen LogP contribution in [0.1, 0.15) is 64.9 Å². The Morgan fingerprint density at radius 2 is 1.55 bits per heavy atom. The fourth-order valence-corrected chi connectivity index (χ4v) is 4.94. The fourth-order valence-electron chi connectivity index (χ4n) is 4.94. The highest BCUT2D eigenvalue weighted by Gasteiger charge is 2.47. The second kappa shape index (κ2) is 7.36. The maximum Gasteiger partial charge on any atom is 0.341 e. The standard InChI is InChI=1S/C25H28O6/c1-24(2)9-16(26)22-18(11-24)31-19-12-25(3,4)10-17(27)23(19)21(22)14-6-5-7-15(8-14)30-13-20(28)29/h5-8,21H,9-13H2,1-4H3,(H,28,29). The van der Waals surface area contributed by atoms with Gasteiger partial charge >= 0.3 is 5.97 Å². The van der Waals surface area contributed by atoms with E-state index >= 15 is 0 Å². The lowest BCUT2D eigenvalue weighted by atomic mass is 9.65. The predicted octanol–water partition coefficient (Wildman–Crippen LogP) is 4.55. The van der Waals surface area contributed by atoms with Crippen molar-refractivity contribution in [1.82, 2.24) is 0 Å². The van der Waals surface area contributed by atoms with Gasteiger partial charge in [0, 0.05) is 42.7 Å². The van der Waals surface area contributed by atoms with Crippen molar-refractivity contribution >= 4 is 17.5 Å².